The van der Waals surface area contributed by atoms with Crippen LogP contribution in [0.1, 0.15) is 12.6 Å². The Morgan fingerprint density at radius 3 is 2.56 bits per heavy atom. The van der Waals surface area contributed by atoms with E-state index in [1.807, 2.05) is 0 Å². The van der Waals surface area contributed by atoms with Crippen LogP contribution < -0.4 is 0 Å². The van der Waals surface area contributed by atoms with Gasteiger partial charge in [0.25, 0.3) is 0 Å². The van der Waals surface area contributed by atoms with Gasteiger partial charge in [0.2, 0.25) is 0 Å². The molecule has 0 spiro atoms. The van der Waals surface area contributed by atoms with E-state index in [9.17, 15) is 13.2 Å². The molecule has 18 heavy (non-hydrogen) atoms. The van der Waals surface area contributed by atoms with Crippen LogP contribution in [0.15, 0.2) is 34.9 Å². The first-order valence-corrected chi connectivity index (χ1v) is 5.17. The van der Waals surface area contributed by atoms with Crippen molar-refractivity contribution in [2.45, 2.75) is 19.6 Å². The lowest BCUT2D eigenvalue weighted by molar-refractivity contribution is -0.232. The standard InChI is InChI=1S/C12H10F3NO2/c1-12(14,15)17-7-10-6-11(18-16-10)8-2-4-9(13)5-3-8/h2-6H,7H2,1H3. The van der Waals surface area contributed by atoms with Crippen molar-refractivity contribution in [1.82, 2.24) is 5.16 Å². The van der Waals surface area contributed by atoms with Crippen LogP contribution in [-0.4, -0.2) is 11.3 Å². The molecule has 1 heterocycles. The van der Waals surface area contributed by atoms with E-state index in [4.69, 9.17) is 4.52 Å². The minimum Gasteiger partial charge on any atom is -0.356 e. The van der Waals surface area contributed by atoms with Crippen molar-refractivity contribution in [2.75, 3.05) is 0 Å². The maximum Gasteiger partial charge on any atom is 0.353 e. The van der Waals surface area contributed by atoms with Crippen LogP contribution in [-0.2, 0) is 11.3 Å². The van der Waals surface area contributed by atoms with Gasteiger partial charge in [-0.3, -0.25) is 0 Å². The first-order chi connectivity index (χ1) is 8.44. The summed E-state index contributed by atoms with van der Waals surface area (Å²) in [7, 11) is 0. The van der Waals surface area contributed by atoms with Gasteiger partial charge in [0, 0.05) is 18.6 Å². The summed E-state index contributed by atoms with van der Waals surface area (Å²) in [6.07, 6.45) is -3.21. The zero-order valence-electron chi connectivity index (χ0n) is 9.49. The van der Waals surface area contributed by atoms with E-state index in [2.05, 4.69) is 9.89 Å². The number of ether oxygens (including phenoxy) is 1. The fourth-order valence-corrected chi connectivity index (χ4v) is 1.33. The first kappa shape index (κ1) is 12.6. The average molecular weight is 257 g/mol. The number of nitrogens with zero attached hydrogens (tertiary/aromatic N) is 1. The molecule has 0 aliphatic carbocycles. The Kier molecular flexibility index (Phi) is 3.38. The summed E-state index contributed by atoms with van der Waals surface area (Å²) in [5.74, 6) is 0.000432. The summed E-state index contributed by atoms with van der Waals surface area (Å²) in [5, 5.41) is 3.59. The molecule has 0 saturated heterocycles. The fourth-order valence-electron chi connectivity index (χ4n) is 1.33. The molecule has 0 atom stereocenters. The summed E-state index contributed by atoms with van der Waals surface area (Å²) in [6, 6.07) is 7.03. The summed E-state index contributed by atoms with van der Waals surface area (Å²) >= 11 is 0. The van der Waals surface area contributed by atoms with Crippen molar-refractivity contribution in [3.63, 3.8) is 0 Å². The number of alkyl halides is 2. The van der Waals surface area contributed by atoms with E-state index in [0.29, 0.717) is 18.2 Å². The van der Waals surface area contributed by atoms with Crippen molar-refractivity contribution in [3.05, 3.63) is 41.8 Å². The molecule has 96 valence electrons. The molecule has 0 N–H and O–H groups in total. The number of halogens is 3. The molecule has 6 heteroatoms. The highest BCUT2D eigenvalue weighted by molar-refractivity contribution is 5.56. The minimum absolute atomic E-state index is 0.246. The third-order valence-corrected chi connectivity index (χ3v) is 2.16. The van der Waals surface area contributed by atoms with Gasteiger partial charge in [0.15, 0.2) is 5.76 Å². The van der Waals surface area contributed by atoms with E-state index < -0.39 is 6.11 Å². The Balaban J connectivity index is 2.08. The van der Waals surface area contributed by atoms with E-state index in [1.54, 1.807) is 0 Å². The molecule has 0 aliphatic rings. The largest absolute Gasteiger partial charge is 0.356 e. The second kappa shape index (κ2) is 4.81. The second-order valence-electron chi connectivity index (χ2n) is 3.79. The number of aromatic nitrogens is 1. The lowest BCUT2D eigenvalue weighted by Crippen LogP contribution is -2.14. The van der Waals surface area contributed by atoms with Crippen LogP contribution in [0, 0.1) is 5.82 Å². The van der Waals surface area contributed by atoms with Crippen molar-refractivity contribution < 1.29 is 22.4 Å². The molecule has 2 rings (SSSR count). The van der Waals surface area contributed by atoms with Crippen LogP contribution in [0.2, 0.25) is 0 Å². The SMILES string of the molecule is CC(F)(F)OCc1cc(-c2ccc(F)cc2)on1. The van der Waals surface area contributed by atoms with Gasteiger partial charge in [-0.15, -0.1) is 0 Å². The predicted molar refractivity (Wildman–Crippen MR) is 57.3 cm³/mol. The highest BCUT2D eigenvalue weighted by Gasteiger charge is 2.22. The predicted octanol–water partition coefficient (Wildman–Crippen LogP) is 3.61. The quantitative estimate of drug-likeness (QED) is 0.839. The van der Waals surface area contributed by atoms with Crippen molar-refractivity contribution in [3.8, 4) is 11.3 Å². The van der Waals surface area contributed by atoms with Crippen molar-refractivity contribution in [2.24, 2.45) is 0 Å². The van der Waals surface area contributed by atoms with Gasteiger partial charge >= 0.3 is 6.11 Å². The number of hydrogen-bond donors (Lipinski definition) is 0. The van der Waals surface area contributed by atoms with Crippen LogP contribution >= 0.6 is 0 Å². The third kappa shape index (κ3) is 3.33. The first-order valence-electron chi connectivity index (χ1n) is 5.17. The molecule has 0 unspecified atom stereocenters. The molecule has 0 saturated carbocycles. The Bertz CT molecular complexity index is 517. The molecule has 2 aromatic rings. The van der Waals surface area contributed by atoms with Crippen LogP contribution in [0.4, 0.5) is 13.2 Å². The maximum atomic E-state index is 12.7. The molecule has 1 aromatic carbocycles. The number of rotatable bonds is 4. The summed E-state index contributed by atoms with van der Waals surface area (Å²) in [6.45, 7) is 0.294. The highest BCUT2D eigenvalue weighted by atomic mass is 19.3. The lowest BCUT2D eigenvalue weighted by atomic mass is 10.1. The highest BCUT2D eigenvalue weighted by Crippen LogP contribution is 2.22. The van der Waals surface area contributed by atoms with Gasteiger partial charge < -0.3 is 9.26 Å². The zero-order valence-corrected chi connectivity index (χ0v) is 9.49. The third-order valence-electron chi connectivity index (χ3n) is 2.16. The molecular weight excluding hydrogens is 247 g/mol. The topological polar surface area (TPSA) is 35.3 Å². The average Bonchev–Trinajstić information content (AvgIpc) is 2.75. The minimum atomic E-state index is -3.21. The Morgan fingerprint density at radius 1 is 1.28 bits per heavy atom. The van der Waals surface area contributed by atoms with Crippen molar-refractivity contribution in [1.29, 1.82) is 0 Å². The Morgan fingerprint density at radius 2 is 1.94 bits per heavy atom. The van der Waals surface area contributed by atoms with Gasteiger partial charge in [0.05, 0.1) is 6.61 Å². The van der Waals surface area contributed by atoms with E-state index in [-0.39, 0.29) is 18.1 Å². The molecule has 0 aliphatic heterocycles. The smallest absolute Gasteiger partial charge is 0.353 e. The zero-order chi connectivity index (χ0) is 13.2. The second-order valence-corrected chi connectivity index (χ2v) is 3.79. The Hall–Kier alpha value is -1.82. The Labute approximate surface area is 101 Å². The van der Waals surface area contributed by atoms with Gasteiger partial charge in [0.1, 0.15) is 11.5 Å². The molecule has 0 radical (unpaired) electrons. The van der Waals surface area contributed by atoms with Crippen molar-refractivity contribution >= 4 is 0 Å². The number of benzene rings is 1. The molecule has 0 bridgehead atoms. The summed E-state index contributed by atoms with van der Waals surface area (Å²) in [5.41, 5.74) is 0.856. The van der Waals surface area contributed by atoms with Gasteiger partial charge in [-0.1, -0.05) is 5.16 Å². The lowest BCUT2D eigenvalue weighted by Gasteiger charge is -2.08. The van der Waals surface area contributed by atoms with E-state index >= 15 is 0 Å². The summed E-state index contributed by atoms with van der Waals surface area (Å²) in [4.78, 5) is 0. The molecule has 0 fully saturated rings. The fraction of sp³-hybridized carbons (Fsp3) is 0.250. The van der Waals surface area contributed by atoms with Crippen LogP contribution in [0.25, 0.3) is 11.3 Å². The molecular formula is C12H10F3NO2. The van der Waals surface area contributed by atoms with E-state index in [0.717, 1.165) is 0 Å². The van der Waals surface area contributed by atoms with Gasteiger partial charge in [-0.2, -0.15) is 8.78 Å². The molecule has 3 nitrogen and oxygen atoms in total. The van der Waals surface area contributed by atoms with E-state index in [1.165, 1.54) is 30.3 Å². The normalized spacial score (nSPS) is 11.8. The number of hydrogen-bond acceptors (Lipinski definition) is 3. The van der Waals surface area contributed by atoms with Gasteiger partial charge in [-0.05, 0) is 24.3 Å². The maximum absolute atomic E-state index is 12.7. The van der Waals surface area contributed by atoms with Gasteiger partial charge in [-0.25, -0.2) is 4.39 Å². The molecule has 0 amide bonds. The van der Waals surface area contributed by atoms with Crippen LogP contribution in [0.5, 0.6) is 0 Å². The monoisotopic (exact) mass is 257 g/mol. The summed E-state index contributed by atoms with van der Waals surface area (Å²) < 4.78 is 46.9. The van der Waals surface area contributed by atoms with Crippen LogP contribution in [0.3, 0.4) is 0 Å². The molecule has 1 aromatic heterocycles.